The van der Waals surface area contributed by atoms with Crippen LogP contribution < -0.4 is 5.32 Å². The van der Waals surface area contributed by atoms with E-state index in [4.69, 9.17) is 4.42 Å². The zero-order valence-electron chi connectivity index (χ0n) is 10.8. The van der Waals surface area contributed by atoms with Crippen LogP contribution in [0.4, 0.5) is 0 Å². The van der Waals surface area contributed by atoms with Crippen molar-refractivity contribution in [3.8, 4) is 0 Å². The summed E-state index contributed by atoms with van der Waals surface area (Å²) in [6, 6.07) is 3.61. The number of H-pyrrole nitrogens is 1. The molecule has 2 heterocycles. The number of nitrogens with one attached hydrogen (secondary N) is 2. The SMILES string of the molecule is CCc1nc(S[C@@H](C)C(=O)NCc2ccco2)n[nH]1. The zero-order valence-corrected chi connectivity index (χ0v) is 11.7. The number of thioether (sulfide) groups is 1. The molecule has 0 aromatic carbocycles. The maximum Gasteiger partial charge on any atom is 0.233 e. The van der Waals surface area contributed by atoms with Crippen LogP contribution >= 0.6 is 11.8 Å². The minimum atomic E-state index is -0.254. The Hall–Kier alpha value is -1.76. The maximum atomic E-state index is 11.9. The fraction of sp³-hybridized carbons (Fsp3) is 0.417. The van der Waals surface area contributed by atoms with Crippen LogP contribution in [0, 0.1) is 0 Å². The van der Waals surface area contributed by atoms with E-state index in [9.17, 15) is 4.79 Å². The van der Waals surface area contributed by atoms with Crippen LogP contribution in [0.1, 0.15) is 25.4 Å². The number of nitrogens with zero attached hydrogens (tertiary/aromatic N) is 2. The molecule has 0 bridgehead atoms. The molecule has 0 aliphatic rings. The molecule has 0 aliphatic heterocycles. The Morgan fingerprint density at radius 3 is 3.11 bits per heavy atom. The van der Waals surface area contributed by atoms with Gasteiger partial charge in [-0.2, -0.15) is 0 Å². The smallest absolute Gasteiger partial charge is 0.233 e. The summed E-state index contributed by atoms with van der Waals surface area (Å²) >= 11 is 1.33. The van der Waals surface area contributed by atoms with Gasteiger partial charge in [-0.25, -0.2) is 4.98 Å². The lowest BCUT2D eigenvalue weighted by Gasteiger charge is -2.08. The lowest BCUT2D eigenvalue weighted by molar-refractivity contribution is -0.120. The highest BCUT2D eigenvalue weighted by atomic mass is 32.2. The van der Waals surface area contributed by atoms with Crippen molar-refractivity contribution < 1.29 is 9.21 Å². The third-order valence-corrected chi connectivity index (χ3v) is 3.48. The lowest BCUT2D eigenvalue weighted by atomic mass is 10.4. The molecule has 0 saturated heterocycles. The van der Waals surface area contributed by atoms with E-state index < -0.39 is 0 Å². The minimum absolute atomic E-state index is 0.0655. The van der Waals surface area contributed by atoms with Crippen molar-refractivity contribution in [1.82, 2.24) is 20.5 Å². The summed E-state index contributed by atoms with van der Waals surface area (Å²) in [6.45, 7) is 4.21. The van der Waals surface area contributed by atoms with Crippen molar-refractivity contribution in [1.29, 1.82) is 0 Å². The van der Waals surface area contributed by atoms with Gasteiger partial charge in [0.15, 0.2) is 0 Å². The molecule has 0 unspecified atom stereocenters. The van der Waals surface area contributed by atoms with Gasteiger partial charge in [-0.15, -0.1) is 5.10 Å². The second kappa shape index (κ2) is 6.42. The van der Waals surface area contributed by atoms with E-state index in [2.05, 4.69) is 20.5 Å². The van der Waals surface area contributed by atoms with E-state index in [0.29, 0.717) is 11.7 Å². The van der Waals surface area contributed by atoms with Crippen LogP contribution in [0.15, 0.2) is 28.0 Å². The van der Waals surface area contributed by atoms with Gasteiger partial charge >= 0.3 is 0 Å². The van der Waals surface area contributed by atoms with Gasteiger partial charge in [0.05, 0.1) is 18.1 Å². The highest BCUT2D eigenvalue weighted by molar-refractivity contribution is 8.00. The molecule has 2 N–H and O–H groups in total. The van der Waals surface area contributed by atoms with Crippen molar-refractivity contribution in [3.05, 3.63) is 30.0 Å². The molecule has 0 saturated carbocycles. The lowest BCUT2D eigenvalue weighted by Crippen LogP contribution is -2.30. The van der Waals surface area contributed by atoms with E-state index in [1.54, 1.807) is 12.3 Å². The van der Waals surface area contributed by atoms with E-state index in [0.717, 1.165) is 18.0 Å². The third kappa shape index (κ3) is 3.85. The molecule has 2 rings (SSSR count). The van der Waals surface area contributed by atoms with Gasteiger partial charge in [0.25, 0.3) is 0 Å². The molecule has 1 amide bonds. The molecule has 19 heavy (non-hydrogen) atoms. The molecule has 7 heteroatoms. The number of hydrogen-bond acceptors (Lipinski definition) is 5. The number of carbonyl (C=O) groups excluding carboxylic acids is 1. The van der Waals surface area contributed by atoms with E-state index in [1.807, 2.05) is 19.9 Å². The molecule has 2 aromatic heterocycles. The van der Waals surface area contributed by atoms with Gasteiger partial charge < -0.3 is 9.73 Å². The number of furan rings is 1. The molecule has 0 radical (unpaired) electrons. The standard InChI is InChI=1S/C12H16N4O2S/c1-3-10-14-12(16-15-10)19-8(2)11(17)13-7-9-5-4-6-18-9/h4-6,8H,3,7H2,1-2H3,(H,13,17)(H,14,15,16)/t8-/m0/s1. The molecule has 102 valence electrons. The third-order valence-electron chi connectivity index (χ3n) is 2.51. The van der Waals surface area contributed by atoms with Crippen molar-refractivity contribution in [2.75, 3.05) is 0 Å². The van der Waals surface area contributed by atoms with Gasteiger partial charge in [-0.1, -0.05) is 18.7 Å². The van der Waals surface area contributed by atoms with Crippen molar-refractivity contribution in [3.63, 3.8) is 0 Å². The molecular weight excluding hydrogens is 264 g/mol. The Morgan fingerprint density at radius 2 is 2.47 bits per heavy atom. The normalized spacial score (nSPS) is 12.3. The quantitative estimate of drug-likeness (QED) is 0.788. The number of aromatic nitrogens is 3. The average Bonchev–Trinajstić information content (AvgIpc) is 3.06. The van der Waals surface area contributed by atoms with Gasteiger partial charge in [0.1, 0.15) is 11.6 Å². The average molecular weight is 280 g/mol. The second-order valence-corrected chi connectivity index (χ2v) is 5.28. The largest absolute Gasteiger partial charge is 0.467 e. The molecule has 0 fully saturated rings. The first-order chi connectivity index (χ1) is 9.19. The van der Waals surface area contributed by atoms with Crippen LogP contribution in [0.2, 0.25) is 0 Å². The number of aromatic amines is 1. The molecule has 6 nitrogen and oxygen atoms in total. The topological polar surface area (TPSA) is 83.8 Å². The molecular formula is C12H16N4O2S. The van der Waals surface area contributed by atoms with Gasteiger partial charge in [0, 0.05) is 6.42 Å². The van der Waals surface area contributed by atoms with Crippen molar-refractivity contribution >= 4 is 17.7 Å². The van der Waals surface area contributed by atoms with E-state index >= 15 is 0 Å². The van der Waals surface area contributed by atoms with E-state index in [1.165, 1.54) is 11.8 Å². The number of amides is 1. The summed E-state index contributed by atoms with van der Waals surface area (Å²) in [4.78, 5) is 16.1. The molecule has 0 aliphatic carbocycles. The maximum absolute atomic E-state index is 11.9. The Morgan fingerprint density at radius 1 is 1.63 bits per heavy atom. The summed E-state index contributed by atoms with van der Waals surface area (Å²) in [6.07, 6.45) is 2.38. The molecule has 1 atom stereocenters. The summed E-state index contributed by atoms with van der Waals surface area (Å²) < 4.78 is 5.15. The first kappa shape index (κ1) is 13.7. The highest BCUT2D eigenvalue weighted by Crippen LogP contribution is 2.19. The number of aryl methyl sites for hydroxylation is 1. The van der Waals surface area contributed by atoms with Crippen LogP contribution in [0.25, 0.3) is 0 Å². The molecule has 0 spiro atoms. The predicted molar refractivity (Wildman–Crippen MR) is 71.6 cm³/mol. The van der Waals surface area contributed by atoms with Crippen molar-refractivity contribution in [2.24, 2.45) is 0 Å². The minimum Gasteiger partial charge on any atom is -0.467 e. The number of rotatable bonds is 6. The van der Waals surface area contributed by atoms with Gasteiger partial charge in [-0.05, 0) is 19.1 Å². The Balaban J connectivity index is 1.81. The summed E-state index contributed by atoms with van der Waals surface area (Å²) in [5.74, 6) is 1.49. The Kier molecular flexibility index (Phi) is 4.62. The first-order valence-corrected chi connectivity index (χ1v) is 6.95. The number of hydrogen-bond donors (Lipinski definition) is 2. The first-order valence-electron chi connectivity index (χ1n) is 6.07. The monoisotopic (exact) mass is 280 g/mol. The summed E-state index contributed by atoms with van der Waals surface area (Å²) in [5, 5.41) is 10.0. The van der Waals surface area contributed by atoms with Crippen LogP contribution in [-0.4, -0.2) is 26.3 Å². The fourth-order valence-corrected chi connectivity index (χ4v) is 2.20. The summed E-state index contributed by atoms with van der Waals surface area (Å²) in [5.41, 5.74) is 0. The summed E-state index contributed by atoms with van der Waals surface area (Å²) in [7, 11) is 0. The van der Waals surface area contributed by atoms with Crippen molar-refractivity contribution in [2.45, 2.75) is 37.2 Å². The van der Waals surface area contributed by atoms with Gasteiger partial charge in [0.2, 0.25) is 11.1 Å². The number of carbonyl (C=O) groups is 1. The fourth-order valence-electron chi connectivity index (χ4n) is 1.43. The zero-order chi connectivity index (χ0) is 13.7. The Labute approximate surface area is 115 Å². The molecule has 2 aromatic rings. The van der Waals surface area contributed by atoms with Crippen LogP contribution in [0.5, 0.6) is 0 Å². The van der Waals surface area contributed by atoms with Crippen LogP contribution in [-0.2, 0) is 17.8 Å². The second-order valence-electron chi connectivity index (χ2n) is 3.98. The Bertz CT molecular complexity index is 524. The van der Waals surface area contributed by atoms with Gasteiger partial charge in [-0.3, -0.25) is 9.89 Å². The van der Waals surface area contributed by atoms with Crippen LogP contribution in [0.3, 0.4) is 0 Å². The van der Waals surface area contributed by atoms with E-state index in [-0.39, 0.29) is 11.2 Å². The predicted octanol–water partition coefficient (Wildman–Crippen LogP) is 1.76. The highest BCUT2D eigenvalue weighted by Gasteiger charge is 2.16.